The second-order valence-electron chi connectivity index (χ2n) is 3.38. The summed E-state index contributed by atoms with van der Waals surface area (Å²) in [6, 6.07) is 4.88. The van der Waals surface area contributed by atoms with Crippen molar-refractivity contribution in [1.29, 1.82) is 0 Å². The quantitative estimate of drug-likeness (QED) is 0.524. The van der Waals surface area contributed by atoms with Gasteiger partial charge in [-0.25, -0.2) is 4.79 Å². The highest BCUT2D eigenvalue weighted by molar-refractivity contribution is 7.98. The topological polar surface area (TPSA) is 75.3 Å². The molecule has 0 aliphatic heterocycles. The van der Waals surface area contributed by atoms with E-state index in [-0.39, 0.29) is 5.56 Å². The monoisotopic (exact) mass is 240 g/mol. The van der Waals surface area contributed by atoms with E-state index in [2.05, 4.69) is 5.32 Å². The molecule has 0 saturated heterocycles. The van der Waals surface area contributed by atoms with Gasteiger partial charge in [-0.1, -0.05) is 0 Å². The molecule has 0 bridgehead atoms. The molecule has 1 aromatic carbocycles. The van der Waals surface area contributed by atoms with E-state index in [1.165, 1.54) is 6.07 Å². The number of anilines is 2. The minimum Gasteiger partial charge on any atom is -0.478 e. The number of aromatic carboxylic acids is 1. The Bertz CT molecular complexity index is 369. The first kappa shape index (κ1) is 12.7. The number of hydrogen-bond donors (Lipinski definition) is 3. The van der Waals surface area contributed by atoms with Crippen LogP contribution in [0.15, 0.2) is 18.2 Å². The van der Waals surface area contributed by atoms with E-state index in [1.807, 2.05) is 6.26 Å². The molecular formula is C11H16N2O2S. The smallest absolute Gasteiger partial charge is 0.337 e. The molecule has 0 aliphatic carbocycles. The van der Waals surface area contributed by atoms with Crippen LogP contribution in [0, 0.1) is 0 Å². The molecule has 0 spiro atoms. The Labute approximate surface area is 99.2 Å². The van der Waals surface area contributed by atoms with Gasteiger partial charge in [0.25, 0.3) is 0 Å². The molecule has 0 atom stereocenters. The molecule has 1 aromatic rings. The third kappa shape index (κ3) is 3.66. The molecule has 0 fully saturated rings. The number of thioether (sulfide) groups is 1. The highest BCUT2D eigenvalue weighted by Gasteiger charge is 2.09. The molecule has 5 heteroatoms. The zero-order chi connectivity index (χ0) is 12.0. The summed E-state index contributed by atoms with van der Waals surface area (Å²) in [5, 5.41) is 12.1. The molecule has 0 saturated carbocycles. The van der Waals surface area contributed by atoms with Crippen molar-refractivity contribution >= 4 is 29.1 Å². The van der Waals surface area contributed by atoms with Crippen LogP contribution in [0.5, 0.6) is 0 Å². The molecule has 0 aromatic heterocycles. The minimum absolute atomic E-state index is 0.226. The van der Waals surface area contributed by atoms with E-state index < -0.39 is 5.97 Å². The van der Waals surface area contributed by atoms with Gasteiger partial charge in [0.05, 0.1) is 5.56 Å². The van der Waals surface area contributed by atoms with E-state index in [9.17, 15) is 4.79 Å². The number of hydrogen-bond acceptors (Lipinski definition) is 4. The highest BCUT2D eigenvalue weighted by Crippen LogP contribution is 2.18. The van der Waals surface area contributed by atoms with Crippen LogP contribution in [-0.2, 0) is 0 Å². The van der Waals surface area contributed by atoms with Gasteiger partial charge in [0, 0.05) is 17.9 Å². The minimum atomic E-state index is -0.959. The van der Waals surface area contributed by atoms with Gasteiger partial charge in [0.1, 0.15) is 0 Å². The van der Waals surface area contributed by atoms with Crippen molar-refractivity contribution in [3.05, 3.63) is 23.8 Å². The molecule has 88 valence electrons. The fourth-order valence-corrected chi connectivity index (χ4v) is 1.77. The molecule has 0 radical (unpaired) electrons. The van der Waals surface area contributed by atoms with Crippen LogP contribution in [-0.4, -0.2) is 29.6 Å². The van der Waals surface area contributed by atoms with Gasteiger partial charge in [-0.3, -0.25) is 0 Å². The largest absolute Gasteiger partial charge is 0.478 e. The summed E-state index contributed by atoms with van der Waals surface area (Å²) in [7, 11) is 0. The second kappa shape index (κ2) is 6.27. The lowest BCUT2D eigenvalue weighted by atomic mass is 10.1. The molecule has 0 heterocycles. The van der Waals surface area contributed by atoms with Gasteiger partial charge in [0.2, 0.25) is 0 Å². The van der Waals surface area contributed by atoms with Crippen molar-refractivity contribution in [3.63, 3.8) is 0 Å². The first-order valence-corrected chi connectivity index (χ1v) is 6.40. The zero-order valence-corrected chi connectivity index (χ0v) is 10.0. The number of rotatable bonds is 6. The first-order valence-electron chi connectivity index (χ1n) is 5.00. The summed E-state index contributed by atoms with van der Waals surface area (Å²) < 4.78 is 0. The van der Waals surface area contributed by atoms with Crippen molar-refractivity contribution in [2.45, 2.75) is 6.42 Å². The highest BCUT2D eigenvalue weighted by atomic mass is 32.2. The lowest BCUT2D eigenvalue weighted by molar-refractivity contribution is 0.0698. The van der Waals surface area contributed by atoms with Gasteiger partial charge >= 0.3 is 5.97 Å². The fraction of sp³-hybridized carbons (Fsp3) is 0.364. The Hall–Kier alpha value is -1.36. The van der Waals surface area contributed by atoms with Gasteiger partial charge < -0.3 is 16.2 Å². The van der Waals surface area contributed by atoms with Crippen molar-refractivity contribution in [1.82, 2.24) is 0 Å². The van der Waals surface area contributed by atoms with Crippen molar-refractivity contribution in [3.8, 4) is 0 Å². The third-order valence-corrected chi connectivity index (χ3v) is 2.81. The van der Waals surface area contributed by atoms with E-state index in [1.54, 1.807) is 23.9 Å². The van der Waals surface area contributed by atoms with Crippen LogP contribution in [0.3, 0.4) is 0 Å². The average Bonchev–Trinajstić information content (AvgIpc) is 2.26. The summed E-state index contributed by atoms with van der Waals surface area (Å²) in [5.41, 5.74) is 6.87. The van der Waals surface area contributed by atoms with Crippen molar-refractivity contribution in [2.24, 2.45) is 0 Å². The summed E-state index contributed by atoms with van der Waals surface area (Å²) in [6.07, 6.45) is 3.05. The maximum Gasteiger partial charge on any atom is 0.337 e. The van der Waals surface area contributed by atoms with Crippen LogP contribution in [0.1, 0.15) is 16.8 Å². The van der Waals surface area contributed by atoms with Crippen LogP contribution in [0.4, 0.5) is 11.4 Å². The summed E-state index contributed by atoms with van der Waals surface area (Å²) in [6.45, 7) is 0.769. The van der Waals surface area contributed by atoms with E-state index in [0.717, 1.165) is 18.7 Å². The normalized spacial score (nSPS) is 10.1. The summed E-state index contributed by atoms with van der Waals surface area (Å²) in [5.74, 6) is 0.101. The standard InChI is InChI=1S/C11H16N2O2S/c1-16-6-2-5-13-10-4-3-8(12)7-9(10)11(14)15/h3-4,7,13H,2,5-6,12H2,1H3,(H,14,15). The molecule has 1 rings (SSSR count). The van der Waals surface area contributed by atoms with Gasteiger partial charge in [-0.2, -0.15) is 11.8 Å². The molecule has 0 aliphatic rings. The van der Waals surface area contributed by atoms with Crippen LogP contribution in [0.2, 0.25) is 0 Å². The Morgan fingerprint density at radius 2 is 2.31 bits per heavy atom. The lowest BCUT2D eigenvalue weighted by Crippen LogP contribution is -2.08. The number of carboxylic acid groups (broad SMARTS) is 1. The Morgan fingerprint density at radius 1 is 1.56 bits per heavy atom. The van der Waals surface area contributed by atoms with Gasteiger partial charge in [-0.05, 0) is 36.6 Å². The van der Waals surface area contributed by atoms with E-state index in [0.29, 0.717) is 11.4 Å². The summed E-state index contributed by atoms with van der Waals surface area (Å²) in [4.78, 5) is 11.0. The molecule has 0 unspecified atom stereocenters. The lowest BCUT2D eigenvalue weighted by Gasteiger charge is -2.09. The number of benzene rings is 1. The molecule has 4 N–H and O–H groups in total. The third-order valence-electron chi connectivity index (χ3n) is 2.11. The van der Waals surface area contributed by atoms with Crippen LogP contribution < -0.4 is 11.1 Å². The number of carboxylic acids is 1. The first-order chi connectivity index (χ1) is 7.65. The predicted molar refractivity (Wildman–Crippen MR) is 69.3 cm³/mol. The molecular weight excluding hydrogens is 224 g/mol. The van der Waals surface area contributed by atoms with E-state index in [4.69, 9.17) is 10.8 Å². The summed E-state index contributed by atoms with van der Waals surface area (Å²) >= 11 is 1.77. The molecule has 4 nitrogen and oxygen atoms in total. The number of nitrogens with one attached hydrogen (secondary N) is 1. The number of carbonyl (C=O) groups is 1. The Balaban J connectivity index is 2.67. The maximum absolute atomic E-state index is 11.0. The average molecular weight is 240 g/mol. The van der Waals surface area contributed by atoms with E-state index >= 15 is 0 Å². The molecule has 0 amide bonds. The van der Waals surface area contributed by atoms with Gasteiger partial charge in [-0.15, -0.1) is 0 Å². The molecule has 16 heavy (non-hydrogen) atoms. The SMILES string of the molecule is CSCCCNc1ccc(N)cc1C(=O)O. The van der Waals surface area contributed by atoms with Crippen LogP contribution in [0.25, 0.3) is 0 Å². The second-order valence-corrected chi connectivity index (χ2v) is 4.37. The Morgan fingerprint density at radius 3 is 2.94 bits per heavy atom. The van der Waals surface area contributed by atoms with Crippen molar-refractivity contribution < 1.29 is 9.90 Å². The number of nitrogens with two attached hydrogens (primary N) is 1. The predicted octanol–water partition coefficient (Wildman–Crippen LogP) is 2.13. The maximum atomic E-state index is 11.0. The van der Waals surface area contributed by atoms with Gasteiger partial charge in [0.15, 0.2) is 0 Å². The van der Waals surface area contributed by atoms with Crippen molar-refractivity contribution in [2.75, 3.05) is 29.6 Å². The Kier molecular flexibility index (Phi) is 4.98. The fourth-order valence-electron chi connectivity index (χ4n) is 1.33. The zero-order valence-electron chi connectivity index (χ0n) is 9.19. The number of nitrogen functional groups attached to an aromatic ring is 1. The van der Waals surface area contributed by atoms with Crippen LogP contribution >= 0.6 is 11.8 Å².